The van der Waals surface area contributed by atoms with Crippen LogP contribution in [0.5, 0.6) is 0 Å². The molecule has 0 aromatic carbocycles. The molecule has 8 heteroatoms. The summed E-state index contributed by atoms with van der Waals surface area (Å²) in [6.07, 6.45) is 5.52. The molecule has 0 saturated heterocycles. The number of carbonyl (C=O) groups is 1. The van der Waals surface area contributed by atoms with Crippen molar-refractivity contribution >= 4 is 28.6 Å². The Labute approximate surface area is 149 Å². The fraction of sp³-hybridized carbons (Fsp3) is 0.588. The van der Waals surface area contributed by atoms with E-state index in [0.717, 1.165) is 30.3 Å². The summed E-state index contributed by atoms with van der Waals surface area (Å²) in [5, 5.41) is 0.812. The Morgan fingerprint density at radius 3 is 2.44 bits per heavy atom. The van der Waals surface area contributed by atoms with E-state index in [2.05, 4.69) is 9.97 Å². The van der Waals surface area contributed by atoms with Gasteiger partial charge in [-0.2, -0.15) is 0 Å². The second kappa shape index (κ2) is 7.11. The quantitative estimate of drug-likeness (QED) is 0.608. The third-order valence-electron chi connectivity index (χ3n) is 4.67. The van der Waals surface area contributed by atoms with Crippen LogP contribution in [0.25, 0.3) is 11.0 Å². The summed E-state index contributed by atoms with van der Waals surface area (Å²) < 4.78 is 2.45. The molecular weight excluding hydrogens is 340 g/mol. The summed E-state index contributed by atoms with van der Waals surface area (Å²) in [7, 11) is 3.06. The number of carbonyl (C=O) groups excluding carboxylic acids is 1. The standard InChI is InChI=1S/C17H22N4O3S/c1-10(22)9-25-15-12-14(20(2)17(24)21(3)16(12)23)18-13(19-15)11-7-5-4-6-8-11/h11H,4-9H2,1-3H3. The van der Waals surface area contributed by atoms with Crippen molar-refractivity contribution in [2.24, 2.45) is 14.1 Å². The molecule has 7 nitrogen and oxygen atoms in total. The SMILES string of the molecule is CC(=O)CSc1nc(C2CCCCC2)nc2c1c(=O)n(C)c(=O)n2C. The van der Waals surface area contributed by atoms with E-state index in [0.29, 0.717) is 21.9 Å². The van der Waals surface area contributed by atoms with Crippen LogP contribution in [0.1, 0.15) is 50.8 Å². The van der Waals surface area contributed by atoms with Gasteiger partial charge < -0.3 is 0 Å². The van der Waals surface area contributed by atoms with Crippen LogP contribution in [0.15, 0.2) is 14.6 Å². The summed E-state index contributed by atoms with van der Waals surface area (Å²) in [6, 6.07) is 0. The van der Waals surface area contributed by atoms with Gasteiger partial charge in [-0.25, -0.2) is 14.8 Å². The smallest absolute Gasteiger partial charge is 0.299 e. The van der Waals surface area contributed by atoms with Gasteiger partial charge in [-0.15, -0.1) is 0 Å². The van der Waals surface area contributed by atoms with Gasteiger partial charge in [0.15, 0.2) is 5.65 Å². The molecule has 0 unspecified atom stereocenters. The van der Waals surface area contributed by atoms with E-state index in [1.807, 2.05) is 0 Å². The molecule has 0 spiro atoms. The highest BCUT2D eigenvalue weighted by molar-refractivity contribution is 8.00. The Morgan fingerprint density at radius 1 is 1.12 bits per heavy atom. The van der Waals surface area contributed by atoms with Crippen LogP contribution in [-0.4, -0.2) is 30.6 Å². The Morgan fingerprint density at radius 2 is 1.80 bits per heavy atom. The number of hydrogen-bond donors (Lipinski definition) is 0. The summed E-state index contributed by atoms with van der Waals surface area (Å²) in [5.74, 6) is 1.18. The second-order valence-electron chi connectivity index (χ2n) is 6.62. The molecule has 0 amide bonds. The zero-order valence-corrected chi connectivity index (χ0v) is 15.6. The first kappa shape index (κ1) is 17.8. The average molecular weight is 362 g/mol. The van der Waals surface area contributed by atoms with Crippen molar-refractivity contribution in [2.45, 2.75) is 50.0 Å². The summed E-state index contributed by atoms with van der Waals surface area (Å²) >= 11 is 1.24. The highest BCUT2D eigenvalue weighted by Gasteiger charge is 2.23. The second-order valence-corrected chi connectivity index (χ2v) is 7.58. The normalized spacial score (nSPS) is 15.6. The van der Waals surface area contributed by atoms with Crippen molar-refractivity contribution in [3.05, 3.63) is 26.7 Å². The van der Waals surface area contributed by atoms with Crippen LogP contribution in [0, 0.1) is 0 Å². The van der Waals surface area contributed by atoms with Crippen molar-refractivity contribution in [3.8, 4) is 0 Å². The van der Waals surface area contributed by atoms with Gasteiger partial charge >= 0.3 is 5.69 Å². The summed E-state index contributed by atoms with van der Waals surface area (Å²) in [6.45, 7) is 1.51. The molecule has 2 heterocycles. The Kier molecular flexibility index (Phi) is 5.08. The first-order valence-electron chi connectivity index (χ1n) is 8.50. The number of thioether (sulfide) groups is 1. The Balaban J connectivity index is 2.25. The van der Waals surface area contributed by atoms with E-state index >= 15 is 0 Å². The number of aromatic nitrogens is 4. The van der Waals surface area contributed by atoms with Crippen LogP contribution >= 0.6 is 11.8 Å². The fourth-order valence-electron chi connectivity index (χ4n) is 3.26. The molecule has 0 bridgehead atoms. The zero-order chi connectivity index (χ0) is 18.1. The van der Waals surface area contributed by atoms with E-state index in [4.69, 9.17) is 0 Å². The highest BCUT2D eigenvalue weighted by atomic mass is 32.2. The number of Topliss-reactive ketones (excluding diaryl/α,β-unsaturated/α-hetero) is 1. The maximum atomic E-state index is 12.6. The van der Waals surface area contributed by atoms with E-state index in [9.17, 15) is 14.4 Å². The van der Waals surface area contributed by atoms with Gasteiger partial charge in [0.05, 0.1) is 5.75 Å². The van der Waals surface area contributed by atoms with Gasteiger partial charge in [-0.3, -0.25) is 18.7 Å². The van der Waals surface area contributed by atoms with Crippen molar-refractivity contribution in [3.63, 3.8) is 0 Å². The van der Waals surface area contributed by atoms with Crippen LogP contribution in [0.4, 0.5) is 0 Å². The predicted molar refractivity (Wildman–Crippen MR) is 97.3 cm³/mol. The largest absolute Gasteiger partial charge is 0.332 e. The van der Waals surface area contributed by atoms with Gasteiger partial charge in [0, 0.05) is 20.0 Å². The maximum absolute atomic E-state index is 12.6. The lowest BCUT2D eigenvalue weighted by Gasteiger charge is -2.21. The molecule has 0 atom stereocenters. The van der Waals surface area contributed by atoms with E-state index in [-0.39, 0.29) is 17.5 Å². The van der Waals surface area contributed by atoms with Gasteiger partial charge in [-0.1, -0.05) is 31.0 Å². The van der Waals surface area contributed by atoms with Crippen LogP contribution in [0.3, 0.4) is 0 Å². The van der Waals surface area contributed by atoms with Crippen LogP contribution in [0.2, 0.25) is 0 Å². The van der Waals surface area contributed by atoms with Crippen molar-refractivity contribution in [1.29, 1.82) is 0 Å². The third kappa shape index (κ3) is 3.40. The Hall–Kier alpha value is -1.96. The molecule has 1 saturated carbocycles. The number of fused-ring (bicyclic) bond motifs is 1. The summed E-state index contributed by atoms with van der Waals surface area (Å²) in [5.41, 5.74) is -0.470. The molecule has 0 aliphatic heterocycles. The number of rotatable bonds is 4. The summed E-state index contributed by atoms with van der Waals surface area (Å²) in [4.78, 5) is 45.5. The first-order chi connectivity index (χ1) is 11.9. The fourth-order valence-corrected chi connectivity index (χ4v) is 4.08. The van der Waals surface area contributed by atoms with Gasteiger partial charge in [0.1, 0.15) is 22.0 Å². The zero-order valence-electron chi connectivity index (χ0n) is 14.7. The van der Waals surface area contributed by atoms with E-state index in [1.165, 1.54) is 36.7 Å². The van der Waals surface area contributed by atoms with E-state index < -0.39 is 11.2 Å². The van der Waals surface area contributed by atoms with Crippen molar-refractivity contribution in [1.82, 2.24) is 19.1 Å². The van der Waals surface area contributed by atoms with Crippen molar-refractivity contribution < 1.29 is 4.79 Å². The molecule has 25 heavy (non-hydrogen) atoms. The van der Waals surface area contributed by atoms with Gasteiger partial charge in [0.25, 0.3) is 5.56 Å². The third-order valence-corrected chi connectivity index (χ3v) is 5.79. The van der Waals surface area contributed by atoms with Gasteiger partial charge in [-0.05, 0) is 19.8 Å². The van der Waals surface area contributed by atoms with Gasteiger partial charge in [0.2, 0.25) is 0 Å². The lowest BCUT2D eigenvalue weighted by atomic mass is 9.89. The van der Waals surface area contributed by atoms with Crippen molar-refractivity contribution in [2.75, 3.05) is 5.75 Å². The molecule has 1 aliphatic rings. The lowest BCUT2D eigenvalue weighted by Crippen LogP contribution is -2.38. The molecule has 3 rings (SSSR count). The number of ketones is 1. The highest BCUT2D eigenvalue weighted by Crippen LogP contribution is 2.33. The topological polar surface area (TPSA) is 86.8 Å². The molecular formula is C17H22N4O3S. The van der Waals surface area contributed by atoms with E-state index in [1.54, 1.807) is 7.05 Å². The Bertz CT molecular complexity index is 942. The first-order valence-corrected chi connectivity index (χ1v) is 9.48. The monoisotopic (exact) mass is 362 g/mol. The molecule has 134 valence electrons. The molecule has 1 aliphatic carbocycles. The lowest BCUT2D eigenvalue weighted by molar-refractivity contribution is -0.114. The number of nitrogens with zero attached hydrogens (tertiary/aromatic N) is 4. The molecule has 2 aromatic rings. The predicted octanol–water partition coefficient (Wildman–Crippen LogP) is 1.76. The number of hydrogen-bond acceptors (Lipinski definition) is 6. The molecule has 1 fully saturated rings. The minimum Gasteiger partial charge on any atom is -0.299 e. The maximum Gasteiger partial charge on any atom is 0.332 e. The number of aryl methyl sites for hydroxylation is 1. The molecule has 0 radical (unpaired) electrons. The van der Waals surface area contributed by atoms with Crippen LogP contribution in [-0.2, 0) is 18.9 Å². The average Bonchev–Trinajstić information content (AvgIpc) is 2.62. The minimum atomic E-state index is -0.417. The minimum absolute atomic E-state index is 0.0117. The van der Waals surface area contributed by atoms with Crippen LogP contribution < -0.4 is 11.2 Å². The molecule has 0 N–H and O–H groups in total. The molecule has 2 aromatic heterocycles.